The van der Waals surface area contributed by atoms with Gasteiger partial charge in [0.25, 0.3) is 0 Å². The quantitative estimate of drug-likeness (QED) is 0.775. The lowest BCUT2D eigenvalue weighted by Gasteiger charge is -2.35. The number of amides is 2. The van der Waals surface area contributed by atoms with E-state index in [4.69, 9.17) is 0 Å². The number of hydrogen-bond donors (Lipinski definition) is 2. The minimum absolute atomic E-state index is 0.0237. The second-order valence-corrected chi connectivity index (χ2v) is 9.30. The first-order chi connectivity index (χ1) is 15.1. The van der Waals surface area contributed by atoms with Crippen LogP contribution in [0.25, 0.3) is 0 Å². The van der Waals surface area contributed by atoms with E-state index in [-0.39, 0.29) is 30.7 Å². The molecule has 7 heteroatoms. The molecule has 2 amide bonds. The number of carbonyl (C=O) groups excluding carboxylic acids is 2. The number of hydrogen-bond acceptors (Lipinski definition) is 4. The summed E-state index contributed by atoms with van der Waals surface area (Å²) in [6.07, 6.45) is 8.51. The number of benzene rings is 1. The van der Waals surface area contributed by atoms with Crippen molar-refractivity contribution < 1.29 is 14.7 Å². The van der Waals surface area contributed by atoms with E-state index in [0.29, 0.717) is 31.3 Å². The van der Waals surface area contributed by atoms with Crippen LogP contribution in [0.2, 0.25) is 0 Å². The highest BCUT2D eigenvalue weighted by Gasteiger charge is 2.43. The third-order valence-electron chi connectivity index (χ3n) is 7.27. The Morgan fingerprint density at radius 1 is 1.10 bits per heavy atom. The van der Waals surface area contributed by atoms with Crippen LogP contribution in [0.1, 0.15) is 49.3 Å². The van der Waals surface area contributed by atoms with Gasteiger partial charge in [0.15, 0.2) is 0 Å². The van der Waals surface area contributed by atoms with Gasteiger partial charge in [-0.3, -0.25) is 14.3 Å². The second-order valence-electron chi connectivity index (χ2n) is 9.30. The lowest BCUT2D eigenvalue weighted by atomic mass is 9.77. The molecule has 2 aliphatic carbocycles. The maximum atomic E-state index is 12.8. The first-order valence-electron chi connectivity index (χ1n) is 11.4. The summed E-state index contributed by atoms with van der Waals surface area (Å²) in [6, 6.07) is 7.96. The summed E-state index contributed by atoms with van der Waals surface area (Å²) in [5, 5.41) is 17.8. The molecule has 1 aliphatic heterocycles. The predicted molar refractivity (Wildman–Crippen MR) is 116 cm³/mol. The number of anilines is 1. The van der Waals surface area contributed by atoms with Gasteiger partial charge in [0.05, 0.1) is 12.1 Å². The number of aliphatic hydroxyl groups is 1. The summed E-state index contributed by atoms with van der Waals surface area (Å²) in [6.45, 7) is 1.39. The van der Waals surface area contributed by atoms with Crippen molar-refractivity contribution in [2.24, 2.45) is 11.8 Å². The van der Waals surface area contributed by atoms with Gasteiger partial charge >= 0.3 is 0 Å². The normalized spacial score (nSPS) is 27.1. The molecule has 1 aromatic carbocycles. The van der Waals surface area contributed by atoms with Gasteiger partial charge in [-0.25, -0.2) is 0 Å². The highest BCUT2D eigenvalue weighted by atomic mass is 16.3. The number of nitrogens with zero attached hydrogens (tertiary/aromatic N) is 3. The Balaban J connectivity index is 1.12. The Bertz CT molecular complexity index is 958. The van der Waals surface area contributed by atoms with Crippen molar-refractivity contribution >= 4 is 17.5 Å². The van der Waals surface area contributed by atoms with E-state index < -0.39 is 6.10 Å². The summed E-state index contributed by atoms with van der Waals surface area (Å²) >= 11 is 0. The standard InChI is InChI=1S/C24H30N4O3/c29-22-13-19-15-27(14-18(19)12-21(22)28-10-2-9-25-28)24(31)8-7-23(30)26-20-6-5-16-3-1-4-17(16)11-20/h2,5-6,9-11,18-19,21-22,29H,1,3-4,7-8,12-15H2,(H,26,30)/t18-,19+,21-,22-/m1/s1. The van der Waals surface area contributed by atoms with E-state index in [0.717, 1.165) is 24.9 Å². The molecule has 1 saturated carbocycles. The van der Waals surface area contributed by atoms with Crippen molar-refractivity contribution in [2.45, 2.75) is 57.1 Å². The zero-order valence-electron chi connectivity index (χ0n) is 17.7. The molecule has 3 aliphatic rings. The number of aromatic nitrogens is 2. The molecule has 7 nitrogen and oxygen atoms in total. The molecule has 4 atom stereocenters. The maximum Gasteiger partial charge on any atom is 0.224 e. The third-order valence-corrected chi connectivity index (χ3v) is 7.27. The number of likely N-dealkylation sites (tertiary alicyclic amines) is 1. The lowest BCUT2D eigenvalue weighted by molar-refractivity contribution is -0.132. The zero-order chi connectivity index (χ0) is 21.4. The number of fused-ring (bicyclic) bond motifs is 2. The lowest BCUT2D eigenvalue weighted by Crippen LogP contribution is -2.36. The molecule has 1 aromatic heterocycles. The molecule has 2 heterocycles. The van der Waals surface area contributed by atoms with Gasteiger partial charge in [0, 0.05) is 44.0 Å². The number of carbonyl (C=O) groups is 2. The molecular weight excluding hydrogens is 392 g/mol. The number of rotatable bonds is 5. The largest absolute Gasteiger partial charge is 0.391 e. The Kier molecular flexibility index (Phi) is 5.52. The predicted octanol–water partition coefficient (Wildman–Crippen LogP) is 2.56. The third kappa shape index (κ3) is 4.24. The van der Waals surface area contributed by atoms with Crippen molar-refractivity contribution in [3.63, 3.8) is 0 Å². The number of nitrogens with one attached hydrogen (secondary N) is 1. The summed E-state index contributed by atoms with van der Waals surface area (Å²) in [7, 11) is 0. The molecule has 2 fully saturated rings. The van der Waals surface area contributed by atoms with Crippen LogP contribution < -0.4 is 5.32 Å². The fourth-order valence-electron chi connectivity index (χ4n) is 5.62. The molecule has 164 valence electrons. The molecule has 1 saturated heterocycles. The summed E-state index contributed by atoms with van der Waals surface area (Å²) < 4.78 is 1.84. The Hall–Kier alpha value is -2.67. The first kappa shape index (κ1) is 20.2. The van der Waals surface area contributed by atoms with Gasteiger partial charge in [-0.2, -0.15) is 5.10 Å². The van der Waals surface area contributed by atoms with Crippen molar-refractivity contribution in [3.05, 3.63) is 47.8 Å². The van der Waals surface area contributed by atoms with Crippen molar-refractivity contribution in [3.8, 4) is 0 Å². The molecular formula is C24H30N4O3. The fraction of sp³-hybridized carbons (Fsp3) is 0.542. The van der Waals surface area contributed by atoms with Gasteiger partial charge in [-0.1, -0.05) is 6.07 Å². The second kappa shape index (κ2) is 8.46. The van der Waals surface area contributed by atoms with E-state index in [1.807, 2.05) is 27.9 Å². The zero-order valence-corrected chi connectivity index (χ0v) is 17.7. The Labute approximate surface area is 182 Å². The topological polar surface area (TPSA) is 87.5 Å². The summed E-state index contributed by atoms with van der Waals surface area (Å²) in [5.41, 5.74) is 3.52. The first-order valence-corrected chi connectivity index (χ1v) is 11.4. The highest BCUT2D eigenvalue weighted by Crippen LogP contribution is 2.41. The Morgan fingerprint density at radius 2 is 1.90 bits per heavy atom. The van der Waals surface area contributed by atoms with Crippen LogP contribution in [-0.4, -0.2) is 50.8 Å². The average Bonchev–Trinajstić information content (AvgIpc) is 3.50. The van der Waals surface area contributed by atoms with E-state index >= 15 is 0 Å². The minimum Gasteiger partial charge on any atom is -0.391 e. The highest BCUT2D eigenvalue weighted by molar-refractivity contribution is 5.93. The Morgan fingerprint density at radius 3 is 2.71 bits per heavy atom. The van der Waals surface area contributed by atoms with Crippen molar-refractivity contribution in [1.82, 2.24) is 14.7 Å². The average molecular weight is 423 g/mol. The molecule has 31 heavy (non-hydrogen) atoms. The van der Waals surface area contributed by atoms with E-state index in [1.165, 1.54) is 17.5 Å². The minimum atomic E-state index is -0.436. The van der Waals surface area contributed by atoms with Crippen LogP contribution in [0, 0.1) is 11.8 Å². The van der Waals surface area contributed by atoms with E-state index in [9.17, 15) is 14.7 Å². The number of aryl methyl sites for hydroxylation is 2. The molecule has 0 bridgehead atoms. The van der Waals surface area contributed by atoms with Crippen LogP contribution >= 0.6 is 0 Å². The van der Waals surface area contributed by atoms with Gasteiger partial charge in [0.1, 0.15) is 0 Å². The van der Waals surface area contributed by atoms with Crippen LogP contribution in [-0.2, 0) is 22.4 Å². The van der Waals surface area contributed by atoms with Crippen LogP contribution in [0.5, 0.6) is 0 Å². The van der Waals surface area contributed by atoms with Crippen molar-refractivity contribution in [2.75, 3.05) is 18.4 Å². The fourth-order valence-corrected chi connectivity index (χ4v) is 5.62. The molecule has 2 aromatic rings. The smallest absolute Gasteiger partial charge is 0.224 e. The molecule has 0 spiro atoms. The maximum absolute atomic E-state index is 12.8. The van der Waals surface area contributed by atoms with Gasteiger partial charge in [0.2, 0.25) is 11.8 Å². The number of aliphatic hydroxyl groups excluding tert-OH is 1. The van der Waals surface area contributed by atoms with E-state index in [1.54, 1.807) is 6.20 Å². The summed E-state index contributed by atoms with van der Waals surface area (Å²) in [4.78, 5) is 27.0. The van der Waals surface area contributed by atoms with Gasteiger partial charge < -0.3 is 15.3 Å². The summed E-state index contributed by atoms with van der Waals surface area (Å²) in [5.74, 6) is 0.619. The van der Waals surface area contributed by atoms with Gasteiger partial charge in [-0.05, 0) is 73.3 Å². The SMILES string of the molecule is O=C(CCC(=O)N1C[C@H]2C[C@@H](n3cccn3)[C@H](O)C[C@H]2C1)Nc1ccc2c(c1)CCC2. The molecule has 0 unspecified atom stereocenters. The molecule has 5 rings (SSSR count). The van der Waals surface area contributed by atoms with Crippen LogP contribution in [0.3, 0.4) is 0 Å². The van der Waals surface area contributed by atoms with Crippen molar-refractivity contribution in [1.29, 1.82) is 0 Å². The molecule has 2 N–H and O–H groups in total. The van der Waals surface area contributed by atoms with Gasteiger partial charge in [-0.15, -0.1) is 0 Å². The van der Waals surface area contributed by atoms with Crippen LogP contribution in [0.15, 0.2) is 36.7 Å². The van der Waals surface area contributed by atoms with Crippen LogP contribution in [0.4, 0.5) is 5.69 Å². The monoisotopic (exact) mass is 422 g/mol. The van der Waals surface area contributed by atoms with E-state index in [2.05, 4.69) is 22.5 Å². The molecule has 0 radical (unpaired) electrons.